The minimum absolute atomic E-state index is 0.0679. The Morgan fingerprint density at radius 3 is 2.33 bits per heavy atom. The summed E-state index contributed by atoms with van der Waals surface area (Å²) in [5.41, 5.74) is 7.67. The molecule has 0 aliphatic carbocycles. The minimum Gasteiger partial charge on any atom is -0.494 e. The van der Waals surface area contributed by atoms with Crippen LogP contribution in [0.1, 0.15) is 6.42 Å². The summed E-state index contributed by atoms with van der Waals surface area (Å²) in [4.78, 5) is 8.92. The Hall–Kier alpha value is -4.04. The lowest BCUT2D eigenvalue weighted by atomic mass is 10.0. The third kappa shape index (κ3) is 6.52. The monoisotopic (exact) mass is 577 g/mol. The van der Waals surface area contributed by atoms with Gasteiger partial charge in [-0.15, -0.1) is 0 Å². The second kappa shape index (κ2) is 11.0. The van der Waals surface area contributed by atoms with Crippen molar-refractivity contribution in [1.82, 2.24) is 9.97 Å². The van der Waals surface area contributed by atoms with Gasteiger partial charge in [-0.1, -0.05) is 12.1 Å². The number of hydrogen-bond donors (Lipinski definition) is 3. The van der Waals surface area contributed by atoms with Crippen LogP contribution in [0.5, 0.6) is 5.75 Å². The molecule has 0 atom stereocenters. The number of fused-ring (bicyclic) bond motifs is 1. The summed E-state index contributed by atoms with van der Waals surface area (Å²) in [6.07, 6.45) is 0.839. The van der Waals surface area contributed by atoms with Gasteiger partial charge < -0.3 is 10.5 Å². The lowest BCUT2D eigenvalue weighted by Gasteiger charge is -2.14. The van der Waals surface area contributed by atoms with Crippen LogP contribution < -0.4 is 19.9 Å². The van der Waals surface area contributed by atoms with Gasteiger partial charge in [0.15, 0.2) is 11.6 Å². The van der Waals surface area contributed by atoms with E-state index >= 15 is 4.39 Å². The van der Waals surface area contributed by atoms with Crippen LogP contribution >= 0.6 is 0 Å². The number of methoxy groups -OCH3 is 1. The molecule has 0 radical (unpaired) electrons. The number of rotatable bonds is 10. The van der Waals surface area contributed by atoms with E-state index in [0.29, 0.717) is 27.7 Å². The first-order valence-electron chi connectivity index (χ1n) is 11.5. The van der Waals surface area contributed by atoms with E-state index in [1.165, 1.54) is 31.4 Å². The average molecular weight is 578 g/mol. The maximum atomic E-state index is 15.4. The number of halogens is 2. The molecule has 3 aromatic carbocycles. The third-order valence-electron chi connectivity index (χ3n) is 5.58. The fourth-order valence-corrected chi connectivity index (χ4v) is 5.51. The van der Waals surface area contributed by atoms with Gasteiger partial charge in [-0.3, -0.25) is 13.8 Å². The van der Waals surface area contributed by atoms with Gasteiger partial charge in [0.1, 0.15) is 17.1 Å². The molecule has 206 valence electrons. The summed E-state index contributed by atoms with van der Waals surface area (Å²) in [7, 11) is -5.97. The maximum absolute atomic E-state index is 15.4. The number of nitrogen functional groups attached to an aromatic ring is 1. The number of anilines is 3. The summed E-state index contributed by atoms with van der Waals surface area (Å²) in [6.45, 7) is -0.808. The maximum Gasteiger partial charge on any atom is 0.232 e. The van der Waals surface area contributed by atoms with Crippen LogP contribution in [0.15, 0.2) is 54.6 Å². The van der Waals surface area contributed by atoms with Crippen LogP contribution in [0.3, 0.4) is 0 Å². The average Bonchev–Trinajstić information content (AvgIpc) is 2.87. The van der Waals surface area contributed by atoms with Crippen molar-refractivity contribution in [3.8, 4) is 28.3 Å². The van der Waals surface area contributed by atoms with Crippen LogP contribution in [0.4, 0.5) is 26.0 Å². The molecule has 0 unspecified atom stereocenters. The van der Waals surface area contributed by atoms with Crippen molar-refractivity contribution in [2.75, 3.05) is 41.0 Å². The van der Waals surface area contributed by atoms with E-state index in [0.717, 1.165) is 6.26 Å². The normalized spacial score (nSPS) is 11.9. The van der Waals surface area contributed by atoms with Crippen LogP contribution in [0, 0.1) is 5.82 Å². The molecule has 0 amide bonds. The summed E-state index contributed by atoms with van der Waals surface area (Å²) >= 11 is 0. The summed E-state index contributed by atoms with van der Waals surface area (Å²) < 4.78 is 85.2. The van der Waals surface area contributed by atoms with E-state index in [2.05, 4.69) is 19.4 Å². The molecule has 0 saturated heterocycles. The first-order valence-corrected chi connectivity index (χ1v) is 15.0. The van der Waals surface area contributed by atoms with Crippen molar-refractivity contribution in [2.45, 2.75) is 6.42 Å². The number of nitrogens with two attached hydrogens (primary N) is 1. The van der Waals surface area contributed by atoms with Crippen LogP contribution in [0.2, 0.25) is 0 Å². The standard InChI is InChI=1S/C25H25F2N5O5S2/c1-37-21-14-16(18-5-3-6-20(22(18)27)32-39(35,36)12-4-11-26)13-19-23(21)29-25(30-24(19)28)15-7-9-17(10-8-15)31-38(2,33)34/h3,5-10,13-14,31-32H,4,11-12H2,1-2H3,(H2,28,29,30). The predicted molar refractivity (Wildman–Crippen MR) is 148 cm³/mol. The molecule has 4 rings (SSSR count). The van der Waals surface area contributed by atoms with Gasteiger partial charge in [-0.2, -0.15) is 0 Å². The zero-order chi connectivity index (χ0) is 28.4. The first-order chi connectivity index (χ1) is 18.4. The molecule has 0 fully saturated rings. The molecular formula is C25H25F2N5O5S2. The molecule has 1 heterocycles. The SMILES string of the molecule is COc1cc(-c2cccc(NS(=O)(=O)CCCF)c2F)cc2c(N)nc(-c3ccc(NS(C)(=O)=O)cc3)nc12. The van der Waals surface area contributed by atoms with E-state index in [9.17, 15) is 21.2 Å². The quantitative estimate of drug-likeness (QED) is 0.254. The molecule has 4 aromatic rings. The molecule has 1 aromatic heterocycles. The molecule has 0 saturated carbocycles. The minimum atomic E-state index is -3.94. The number of ether oxygens (including phenoxy) is 1. The van der Waals surface area contributed by atoms with Gasteiger partial charge in [0.25, 0.3) is 0 Å². The van der Waals surface area contributed by atoms with Gasteiger partial charge in [-0.05, 0) is 54.4 Å². The largest absolute Gasteiger partial charge is 0.494 e. The molecule has 0 aliphatic heterocycles. The van der Waals surface area contributed by atoms with Crippen LogP contribution in [-0.4, -0.2) is 52.6 Å². The van der Waals surface area contributed by atoms with Crippen LogP contribution in [0.25, 0.3) is 33.4 Å². The summed E-state index contributed by atoms with van der Waals surface area (Å²) in [6, 6.07) is 13.7. The highest BCUT2D eigenvalue weighted by Gasteiger charge is 2.19. The highest BCUT2D eigenvalue weighted by molar-refractivity contribution is 7.92. The van der Waals surface area contributed by atoms with E-state index < -0.39 is 38.3 Å². The Labute approximate surface area is 224 Å². The van der Waals surface area contributed by atoms with Crippen molar-refractivity contribution in [2.24, 2.45) is 0 Å². The second-order valence-electron chi connectivity index (χ2n) is 8.59. The van der Waals surface area contributed by atoms with Crippen molar-refractivity contribution in [1.29, 1.82) is 0 Å². The van der Waals surface area contributed by atoms with Gasteiger partial charge in [0.05, 0.1) is 31.5 Å². The Morgan fingerprint density at radius 2 is 1.69 bits per heavy atom. The van der Waals surface area contributed by atoms with Crippen molar-refractivity contribution < 1.29 is 30.4 Å². The Morgan fingerprint density at radius 1 is 0.974 bits per heavy atom. The zero-order valence-corrected chi connectivity index (χ0v) is 22.5. The number of sulfonamides is 2. The van der Waals surface area contributed by atoms with Crippen molar-refractivity contribution >= 4 is 48.1 Å². The molecule has 0 spiro atoms. The fourth-order valence-electron chi connectivity index (χ4n) is 3.86. The van der Waals surface area contributed by atoms with Crippen molar-refractivity contribution in [3.63, 3.8) is 0 Å². The lowest BCUT2D eigenvalue weighted by Crippen LogP contribution is -2.18. The number of nitrogens with zero attached hydrogens (tertiary/aromatic N) is 2. The molecule has 4 N–H and O–H groups in total. The Balaban J connectivity index is 1.75. The second-order valence-corrected chi connectivity index (χ2v) is 12.2. The highest BCUT2D eigenvalue weighted by Crippen LogP contribution is 2.37. The van der Waals surface area contributed by atoms with Gasteiger partial charge >= 0.3 is 0 Å². The molecular weight excluding hydrogens is 552 g/mol. The van der Waals surface area contributed by atoms with Gasteiger partial charge in [0.2, 0.25) is 20.0 Å². The number of nitrogens with one attached hydrogen (secondary N) is 2. The van der Waals surface area contributed by atoms with E-state index in [1.54, 1.807) is 30.3 Å². The van der Waals surface area contributed by atoms with Crippen molar-refractivity contribution in [3.05, 3.63) is 60.4 Å². The molecule has 0 aliphatic rings. The van der Waals surface area contributed by atoms with E-state index in [-0.39, 0.29) is 35.1 Å². The number of alkyl halides is 1. The molecule has 14 heteroatoms. The Bertz CT molecular complexity index is 1750. The number of aromatic nitrogens is 2. The number of benzene rings is 3. The smallest absolute Gasteiger partial charge is 0.232 e. The number of hydrogen-bond acceptors (Lipinski definition) is 8. The van der Waals surface area contributed by atoms with E-state index in [1.807, 2.05) is 0 Å². The summed E-state index contributed by atoms with van der Waals surface area (Å²) in [5.74, 6) is -0.711. The topological polar surface area (TPSA) is 153 Å². The molecule has 10 nitrogen and oxygen atoms in total. The zero-order valence-electron chi connectivity index (χ0n) is 20.9. The fraction of sp³-hybridized carbons (Fsp3) is 0.200. The van der Waals surface area contributed by atoms with E-state index in [4.69, 9.17) is 10.5 Å². The third-order valence-corrected chi connectivity index (χ3v) is 7.55. The molecule has 39 heavy (non-hydrogen) atoms. The lowest BCUT2D eigenvalue weighted by molar-refractivity contribution is 0.419. The van der Waals surface area contributed by atoms with Crippen LogP contribution in [-0.2, 0) is 20.0 Å². The first kappa shape index (κ1) is 28.0. The summed E-state index contributed by atoms with van der Waals surface area (Å²) in [5, 5.41) is 0.372. The molecule has 0 bridgehead atoms. The highest BCUT2D eigenvalue weighted by atomic mass is 32.2. The Kier molecular flexibility index (Phi) is 7.88. The van der Waals surface area contributed by atoms with Gasteiger partial charge in [-0.25, -0.2) is 31.2 Å². The predicted octanol–water partition coefficient (Wildman–Crippen LogP) is 4.17. The van der Waals surface area contributed by atoms with Gasteiger partial charge in [0, 0.05) is 22.2 Å².